The predicted molar refractivity (Wildman–Crippen MR) is 70.3 cm³/mol. The summed E-state index contributed by atoms with van der Waals surface area (Å²) in [6, 6.07) is 5.89. The minimum absolute atomic E-state index is 0.0664. The van der Waals surface area contributed by atoms with Crippen LogP contribution in [0.1, 0.15) is 15.9 Å². The SMILES string of the molecule is O=C(Oc1c(F)c(F)c(F)c(F)c1F)c1ccccc1CBr. The molecule has 2 aromatic rings. The van der Waals surface area contributed by atoms with E-state index >= 15 is 0 Å². The first-order valence-corrected chi connectivity index (χ1v) is 6.88. The fourth-order valence-electron chi connectivity index (χ4n) is 1.66. The van der Waals surface area contributed by atoms with Gasteiger partial charge in [0.25, 0.3) is 0 Å². The van der Waals surface area contributed by atoms with E-state index < -0.39 is 40.8 Å². The van der Waals surface area contributed by atoms with Crippen LogP contribution in [0.15, 0.2) is 24.3 Å². The maximum Gasteiger partial charge on any atom is 0.344 e. The van der Waals surface area contributed by atoms with Gasteiger partial charge in [0, 0.05) is 5.33 Å². The summed E-state index contributed by atoms with van der Waals surface area (Å²) >= 11 is 3.10. The second-order valence-corrected chi connectivity index (χ2v) is 4.64. The van der Waals surface area contributed by atoms with Crippen molar-refractivity contribution < 1.29 is 31.5 Å². The van der Waals surface area contributed by atoms with Crippen molar-refractivity contribution in [3.8, 4) is 5.75 Å². The molecule has 22 heavy (non-hydrogen) atoms. The van der Waals surface area contributed by atoms with Crippen LogP contribution >= 0.6 is 15.9 Å². The van der Waals surface area contributed by atoms with Gasteiger partial charge >= 0.3 is 5.97 Å². The van der Waals surface area contributed by atoms with Crippen LogP contribution in [-0.4, -0.2) is 5.97 Å². The Morgan fingerprint density at radius 1 is 0.909 bits per heavy atom. The maximum atomic E-state index is 13.5. The van der Waals surface area contributed by atoms with Gasteiger partial charge in [0.05, 0.1) is 5.56 Å². The molecule has 0 radical (unpaired) electrons. The Labute approximate surface area is 129 Å². The Balaban J connectivity index is 2.45. The van der Waals surface area contributed by atoms with Crippen LogP contribution in [0, 0.1) is 29.1 Å². The molecule has 0 aliphatic rings. The highest BCUT2D eigenvalue weighted by Crippen LogP contribution is 2.30. The molecule has 2 rings (SSSR count). The minimum atomic E-state index is -2.32. The molecule has 0 fully saturated rings. The van der Waals surface area contributed by atoms with Gasteiger partial charge in [-0.1, -0.05) is 34.1 Å². The highest BCUT2D eigenvalue weighted by molar-refractivity contribution is 9.08. The molecule has 0 bridgehead atoms. The molecule has 8 heteroatoms. The highest BCUT2D eigenvalue weighted by Gasteiger charge is 2.29. The molecule has 116 valence electrons. The van der Waals surface area contributed by atoms with Crippen LogP contribution in [0.5, 0.6) is 5.75 Å². The molecule has 0 atom stereocenters. The van der Waals surface area contributed by atoms with Crippen LogP contribution in [0.4, 0.5) is 22.0 Å². The van der Waals surface area contributed by atoms with Crippen molar-refractivity contribution in [2.24, 2.45) is 0 Å². The number of carbonyl (C=O) groups excluding carboxylic acids is 1. The second-order valence-electron chi connectivity index (χ2n) is 4.08. The van der Waals surface area contributed by atoms with Gasteiger partial charge in [0.1, 0.15) is 0 Å². The van der Waals surface area contributed by atoms with Crippen LogP contribution < -0.4 is 4.74 Å². The Kier molecular flexibility index (Phi) is 4.80. The number of alkyl halides is 1. The third-order valence-corrected chi connectivity index (χ3v) is 3.35. The number of esters is 1. The molecule has 0 spiro atoms. The third-order valence-electron chi connectivity index (χ3n) is 2.75. The number of hydrogen-bond donors (Lipinski definition) is 0. The summed E-state index contributed by atoms with van der Waals surface area (Å²) in [5, 5.41) is 0.232. The lowest BCUT2D eigenvalue weighted by Gasteiger charge is -2.10. The monoisotopic (exact) mass is 380 g/mol. The van der Waals surface area contributed by atoms with Gasteiger partial charge in [0.2, 0.25) is 34.8 Å². The first-order chi connectivity index (χ1) is 10.4. The number of benzene rings is 2. The van der Waals surface area contributed by atoms with E-state index in [0.29, 0.717) is 5.56 Å². The van der Waals surface area contributed by atoms with Crippen molar-refractivity contribution >= 4 is 21.9 Å². The van der Waals surface area contributed by atoms with E-state index in [1.54, 1.807) is 6.07 Å². The zero-order chi connectivity index (χ0) is 16.4. The van der Waals surface area contributed by atoms with Crippen LogP contribution in [0.2, 0.25) is 0 Å². The molecular weight excluding hydrogens is 375 g/mol. The summed E-state index contributed by atoms with van der Waals surface area (Å²) in [5.74, 6) is -14.0. The Hall–Kier alpha value is -1.96. The Morgan fingerprint density at radius 3 is 1.95 bits per heavy atom. The van der Waals surface area contributed by atoms with Crippen molar-refractivity contribution in [1.29, 1.82) is 0 Å². The van der Waals surface area contributed by atoms with Crippen molar-refractivity contribution in [1.82, 2.24) is 0 Å². The van der Waals surface area contributed by atoms with E-state index in [1.807, 2.05) is 0 Å². The molecule has 0 unspecified atom stereocenters. The molecule has 0 heterocycles. The normalized spacial score (nSPS) is 10.6. The van der Waals surface area contributed by atoms with E-state index in [4.69, 9.17) is 0 Å². The smallest absolute Gasteiger partial charge is 0.344 e. The molecule has 0 aromatic heterocycles. The van der Waals surface area contributed by atoms with Crippen LogP contribution in [0.3, 0.4) is 0 Å². The molecule has 0 amide bonds. The number of carbonyl (C=O) groups is 1. The van der Waals surface area contributed by atoms with E-state index in [2.05, 4.69) is 20.7 Å². The molecule has 2 aromatic carbocycles. The number of ether oxygens (including phenoxy) is 1. The number of hydrogen-bond acceptors (Lipinski definition) is 2. The second kappa shape index (κ2) is 6.43. The molecular formula is C14H6BrF5O2. The standard InChI is InChI=1S/C14H6BrF5O2/c15-5-6-3-1-2-4-7(6)14(21)22-13-11(19)9(17)8(16)10(18)12(13)20/h1-4H,5H2. The lowest BCUT2D eigenvalue weighted by Crippen LogP contribution is -2.15. The third kappa shape index (κ3) is 2.83. The first-order valence-electron chi connectivity index (χ1n) is 5.76. The van der Waals surface area contributed by atoms with E-state index in [9.17, 15) is 26.7 Å². The largest absolute Gasteiger partial charge is 0.416 e. The summed E-state index contributed by atoms with van der Waals surface area (Å²) in [7, 11) is 0. The molecule has 2 nitrogen and oxygen atoms in total. The summed E-state index contributed by atoms with van der Waals surface area (Å²) in [6.07, 6.45) is 0. The fraction of sp³-hybridized carbons (Fsp3) is 0.0714. The highest BCUT2D eigenvalue weighted by atomic mass is 79.9. The molecule has 0 N–H and O–H groups in total. The maximum absolute atomic E-state index is 13.5. The van der Waals surface area contributed by atoms with Crippen molar-refractivity contribution in [3.63, 3.8) is 0 Å². The van der Waals surface area contributed by atoms with Crippen LogP contribution in [0.25, 0.3) is 0 Å². The van der Waals surface area contributed by atoms with Crippen molar-refractivity contribution in [3.05, 3.63) is 64.5 Å². The molecule has 0 aliphatic carbocycles. The van der Waals surface area contributed by atoms with E-state index in [0.717, 1.165) is 0 Å². The quantitative estimate of drug-likeness (QED) is 0.196. The van der Waals surface area contributed by atoms with Crippen LogP contribution in [-0.2, 0) is 5.33 Å². The summed E-state index contributed by atoms with van der Waals surface area (Å²) in [6.45, 7) is 0. The van der Waals surface area contributed by atoms with Crippen molar-refractivity contribution in [2.45, 2.75) is 5.33 Å². The van der Waals surface area contributed by atoms with Gasteiger partial charge in [-0.05, 0) is 11.6 Å². The lowest BCUT2D eigenvalue weighted by molar-refractivity contribution is 0.0715. The number of rotatable bonds is 3. The van der Waals surface area contributed by atoms with Gasteiger partial charge in [-0.3, -0.25) is 0 Å². The average Bonchev–Trinajstić information content (AvgIpc) is 2.54. The van der Waals surface area contributed by atoms with Gasteiger partial charge in [0.15, 0.2) is 0 Å². The summed E-state index contributed by atoms with van der Waals surface area (Å²) in [5.41, 5.74) is 0.361. The topological polar surface area (TPSA) is 26.3 Å². The summed E-state index contributed by atoms with van der Waals surface area (Å²) < 4.78 is 70.3. The summed E-state index contributed by atoms with van der Waals surface area (Å²) in [4.78, 5) is 11.9. The van der Waals surface area contributed by atoms with Gasteiger partial charge in [-0.2, -0.15) is 8.78 Å². The van der Waals surface area contributed by atoms with Crippen molar-refractivity contribution in [2.75, 3.05) is 0 Å². The Morgan fingerprint density at radius 2 is 1.41 bits per heavy atom. The minimum Gasteiger partial charge on any atom is -0.416 e. The lowest BCUT2D eigenvalue weighted by atomic mass is 10.1. The zero-order valence-corrected chi connectivity index (χ0v) is 12.2. The van der Waals surface area contributed by atoms with E-state index in [-0.39, 0.29) is 10.9 Å². The predicted octanol–water partition coefficient (Wildman–Crippen LogP) is 4.50. The number of halogens is 6. The molecule has 0 aliphatic heterocycles. The average molecular weight is 381 g/mol. The molecule has 0 saturated heterocycles. The van der Waals surface area contributed by atoms with E-state index in [1.165, 1.54) is 18.2 Å². The van der Waals surface area contributed by atoms with Gasteiger partial charge in [-0.15, -0.1) is 0 Å². The van der Waals surface area contributed by atoms with Gasteiger partial charge < -0.3 is 4.74 Å². The molecule has 0 saturated carbocycles. The Bertz CT molecular complexity index is 719. The van der Waals surface area contributed by atoms with Gasteiger partial charge in [-0.25, -0.2) is 18.0 Å². The fourth-order valence-corrected chi connectivity index (χ4v) is 2.15. The zero-order valence-electron chi connectivity index (χ0n) is 10.6. The first kappa shape index (κ1) is 16.4.